The Bertz CT molecular complexity index is 4040. The fourth-order valence-electron chi connectivity index (χ4n) is 7.21. The second-order valence-corrected chi connectivity index (χ2v) is 19.8. The van der Waals surface area contributed by atoms with Crippen LogP contribution in [0.3, 0.4) is 0 Å². The molecule has 0 heterocycles. The van der Waals surface area contributed by atoms with Crippen LogP contribution in [0.2, 0.25) is 0 Å². The van der Waals surface area contributed by atoms with Gasteiger partial charge in [0.1, 0.15) is 40.3 Å². The molecule has 8 aromatic rings. The van der Waals surface area contributed by atoms with Gasteiger partial charge in [0.15, 0.2) is 11.6 Å². The molecule has 92 heavy (non-hydrogen) atoms. The van der Waals surface area contributed by atoms with Crippen LogP contribution < -0.4 is 33.2 Å². The van der Waals surface area contributed by atoms with E-state index in [1.807, 2.05) is 66.7 Å². The van der Waals surface area contributed by atoms with Crippen molar-refractivity contribution in [3.8, 4) is 84.8 Å². The maximum absolute atomic E-state index is 14.3. The van der Waals surface area contributed by atoms with Gasteiger partial charge in [-0.15, -0.1) is 0 Å². The zero-order chi connectivity index (χ0) is 67.6. The minimum absolute atomic E-state index is 0.0984. The van der Waals surface area contributed by atoms with E-state index in [1.54, 1.807) is 112 Å². The van der Waals surface area contributed by atoms with Crippen molar-refractivity contribution in [2.24, 2.45) is 0 Å². The van der Waals surface area contributed by atoms with Crippen molar-refractivity contribution < 1.29 is 75.5 Å². The van der Waals surface area contributed by atoms with E-state index < -0.39 is 53.4 Å². The molecule has 0 spiro atoms. The largest absolute Gasteiger partial charge is 0.423 e. The van der Waals surface area contributed by atoms with Crippen molar-refractivity contribution in [2.45, 2.75) is 34.6 Å². The monoisotopic (exact) mass is 1240 g/mol. The standard InChI is InChI=1S/2C20H17FO4.C18H14O4.C18H16O2/c1-12(2)19(22)24-16-8-5-14(6-9-16)15-7-10-18(17(21)11-15)25-20(23)13(3)4;1-12(2)19(22)24-15-7-5-14(6-8-15)17-10-9-16(11-18(17)21)25-20(23)13(3)4;1-3-17(19)21-15-9-5-13(6-10-15)14-7-11-16(12-8-14)22-18(20)4-2;1-4-14-5-7-15(8-6-14)16-9-11-17(12-10-16)20-18(19)13(2)3/h2*5-11H,1,3H2,2,4H3;3-12H,1-2H2;4-12H,1-2H2,3H3. The van der Waals surface area contributed by atoms with Crippen LogP contribution in [-0.4, -0.2) is 41.8 Å². The summed E-state index contributed by atoms with van der Waals surface area (Å²) in [6, 6.07) is 50.9. The molecule has 0 saturated carbocycles. The number of ether oxygens (including phenoxy) is 7. The van der Waals surface area contributed by atoms with E-state index in [-0.39, 0.29) is 28.2 Å². The van der Waals surface area contributed by atoms with Gasteiger partial charge in [0.2, 0.25) is 0 Å². The van der Waals surface area contributed by atoms with Crippen molar-refractivity contribution in [3.05, 3.63) is 292 Å². The number of esters is 7. The number of carbonyl (C=O) groups is 7. The van der Waals surface area contributed by atoms with Crippen LogP contribution in [0.25, 0.3) is 50.6 Å². The quantitative estimate of drug-likeness (QED) is 0.0423. The molecule has 14 nitrogen and oxygen atoms in total. The first-order valence-electron chi connectivity index (χ1n) is 27.7. The Labute approximate surface area is 532 Å². The first-order chi connectivity index (χ1) is 43.8. The van der Waals surface area contributed by atoms with Crippen molar-refractivity contribution in [3.63, 3.8) is 0 Å². The van der Waals surface area contributed by atoms with Crippen molar-refractivity contribution in [2.75, 3.05) is 0 Å². The zero-order valence-electron chi connectivity index (χ0n) is 51.2. The lowest BCUT2D eigenvalue weighted by atomic mass is 10.0. The summed E-state index contributed by atoms with van der Waals surface area (Å²) in [6.07, 6.45) is 4.03. The lowest BCUT2D eigenvalue weighted by molar-refractivity contribution is -0.131. The number of carbonyl (C=O) groups excluding carboxylic acids is 7. The molecule has 0 aliphatic rings. The minimum Gasteiger partial charge on any atom is -0.423 e. The van der Waals surface area contributed by atoms with Gasteiger partial charge in [-0.3, -0.25) is 0 Å². The van der Waals surface area contributed by atoms with Gasteiger partial charge in [-0.25, -0.2) is 42.3 Å². The van der Waals surface area contributed by atoms with Crippen LogP contribution >= 0.6 is 0 Å². The highest BCUT2D eigenvalue weighted by atomic mass is 19.1. The Morgan fingerprint density at radius 3 is 0.880 bits per heavy atom. The van der Waals surface area contributed by atoms with Gasteiger partial charge < -0.3 is 33.2 Å². The number of hydrogen-bond acceptors (Lipinski definition) is 14. The lowest BCUT2D eigenvalue weighted by Gasteiger charge is -2.08. The normalized spacial score (nSPS) is 9.90. The van der Waals surface area contributed by atoms with Gasteiger partial charge in [-0.1, -0.05) is 150 Å². The fraction of sp³-hybridized carbons (Fsp3) is 0.0658. The molecule has 8 aromatic carbocycles. The predicted molar refractivity (Wildman–Crippen MR) is 351 cm³/mol. The molecule has 0 aliphatic heterocycles. The Balaban J connectivity index is 0.000000223. The summed E-state index contributed by atoms with van der Waals surface area (Å²) in [7, 11) is 0. The van der Waals surface area contributed by atoms with E-state index >= 15 is 0 Å². The molecule has 466 valence electrons. The van der Waals surface area contributed by atoms with E-state index in [0.717, 1.165) is 46.0 Å². The molecule has 0 aliphatic carbocycles. The molecule has 0 fully saturated rings. The van der Waals surface area contributed by atoms with Gasteiger partial charge in [0.25, 0.3) is 0 Å². The van der Waals surface area contributed by atoms with E-state index in [4.69, 9.17) is 33.2 Å². The first kappa shape index (κ1) is 70.6. The highest BCUT2D eigenvalue weighted by Crippen LogP contribution is 2.31. The topological polar surface area (TPSA) is 184 Å². The van der Waals surface area contributed by atoms with Crippen molar-refractivity contribution >= 4 is 47.9 Å². The van der Waals surface area contributed by atoms with Gasteiger partial charge >= 0.3 is 41.8 Å². The summed E-state index contributed by atoms with van der Waals surface area (Å²) in [6.45, 7) is 35.6. The smallest absolute Gasteiger partial charge is 0.338 e. The molecular formula is C76H64F2O14. The maximum atomic E-state index is 14.3. The molecule has 0 bridgehead atoms. The Kier molecular flexibility index (Phi) is 26.4. The predicted octanol–water partition coefficient (Wildman–Crippen LogP) is 16.9. The van der Waals surface area contributed by atoms with Gasteiger partial charge in [0.05, 0.1) is 0 Å². The average molecular weight is 1240 g/mol. The second kappa shape index (κ2) is 34.4. The van der Waals surface area contributed by atoms with Crippen LogP contribution in [0.15, 0.2) is 275 Å². The van der Waals surface area contributed by atoms with E-state index in [9.17, 15) is 42.3 Å². The molecule has 0 amide bonds. The third kappa shape index (κ3) is 22.2. The summed E-state index contributed by atoms with van der Waals surface area (Å²) < 4.78 is 63.6. The Morgan fingerprint density at radius 1 is 0.304 bits per heavy atom. The molecule has 0 N–H and O–H groups in total. The van der Waals surface area contributed by atoms with Crippen LogP contribution in [0.1, 0.15) is 40.2 Å². The summed E-state index contributed by atoms with van der Waals surface area (Å²) in [5.74, 6) is -2.89. The highest BCUT2D eigenvalue weighted by Gasteiger charge is 2.15. The average Bonchev–Trinajstić information content (AvgIpc) is 1.20. The van der Waals surface area contributed by atoms with Crippen LogP contribution in [-0.2, 0) is 33.6 Å². The lowest BCUT2D eigenvalue weighted by Crippen LogP contribution is -2.09. The minimum atomic E-state index is -0.685. The number of halogens is 2. The molecule has 0 saturated heterocycles. The van der Waals surface area contributed by atoms with Gasteiger partial charge in [-0.2, -0.15) is 0 Å². The van der Waals surface area contributed by atoms with Crippen molar-refractivity contribution in [1.29, 1.82) is 0 Å². The van der Waals surface area contributed by atoms with Crippen LogP contribution in [0.5, 0.6) is 40.2 Å². The van der Waals surface area contributed by atoms with Crippen LogP contribution in [0.4, 0.5) is 8.78 Å². The highest BCUT2D eigenvalue weighted by molar-refractivity contribution is 5.91. The maximum Gasteiger partial charge on any atom is 0.338 e. The number of rotatable bonds is 19. The summed E-state index contributed by atoms with van der Waals surface area (Å²) >= 11 is 0. The number of hydrogen-bond donors (Lipinski definition) is 0. The molecule has 0 atom stereocenters. The van der Waals surface area contributed by atoms with Crippen LogP contribution in [0, 0.1) is 11.6 Å². The summed E-state index contributed by atoms with van der Waals surface area (Å²) in [5.41, 5.74) is 8.74. The molecule has 0 radical (unpaired) electrons. The van der Waals surface area contributed by atoms with Gasteiger partial charge in [0, 0.05) is 51.6 Å². The fourth-order valence-corrected chi connectivity index (χ4v) is 7.21. The Hall–Kier alpha value is -12.2. The molecule has 0 aromatic heterocycles. The molecular weight excluding hydrogens is 1170 g/mol. The third-order valence-electron chi connectivity index (χ3n) is 12.2. The molecule has 16 heteroatoms. The van der Waals surface area contributed by atoms with Gasteiger partial charge in [-0.05, 0) is 164 Å². The van der Waals surface area contributed by atoms with Crippen molar-refractivity contribution in [1.82, 2.24) is 0 Å². The molecule has 8 rings (SSSR count). The summed E-state index contributed by atoms with van der Waals surface area (Å²) in [4.78, 5) is 79.5. The first-order valence-corrected chi connectivity index (χ1v) is 27.7. The third-order valence-corrected chi connectivity index (χ3v) is 12.2. The number of benzene rings is 8. The zero-order valence-corrected chi connectivity index (χ0v) is 51.2. The Morgan fingerprint density at radius 2 is 0.576 bits per heavy atom. The SMILES string of the molecule is C=C(C)C(=O)Oc1ccc(-c2ccc(OC(=O)C(=C)C)c(F)c2)cc1.C=C(C)C(=O)Oc1ccc(-c2ccc(OC(=O)C(=C)C)cc2F)cc1.C=CC(=O)Oc1ccc(-c2ccc(OC(=O)C=C)cc2)cc1.C=Cc1ccc(-c2ccc(OC(=O)C(=C)C)cc2)cc1. The second-order valence-electron chi connectivity index (χ2n) is 19.8. The summed E-state index contributed by atoms with van der Waals surface area (Å²) in [5, 5.41) is 0. The molecule has 0 unspecified atom stereocenters. The van der Waals surface area contributed by atoms with E-state index in [2.05, 4.69) is 52.6 Å². The van der Waals surface area contributed by atoms with E-state index in [0.29, 0.717) is 62.1 Å². The van der Waals surface area contributed by atoms with E-state index in [1.165, 1.54) is 38.1 Å².